The van der Waals surface area contributed by atoms with E-state index in [4.69, 9.17) is 0 Å². The SMILES string of the molecule is CC12CCCCC3C(CC(=O)C31)C2. The summed E-state index contributed by atoms with van der Waals surface area (Å²) in [7, 11) is 0. The van der Waals surface area contributed by atoms with E-state index in [-0.39, 0.29) is 0 Å². The summed E-state index contributed by atoms with van der Waals surface area (Å²) in [6, 6.07) is 0. The average Bonchev–Trinajstić information content (AvgIpc) is 2.37. The molecule has 0 amide bonds. The number of rotatable bonds is 0. The van der Waals surface area contributed by atoms with Gasteiger partial charge < -0.3 is 0 Å². The Bertz CT molecular complexity index is 258. The number of ketones is 1. The lowest BCUT2D eigenvalue weighted by Crippen LogP contribution is -2.30. The third-order valence-electron chi connectivity index (χ3n) is 4.86. The molecule has 3 fully saturated rings. The number of Topliss-reactive ketones (excluding diaryl/α,β-unsaturated/α-hetero) is 1. The number of hydrogen-bond acceptors (Lipinski definition) is 1. The van der Waals surface area contributed by atoms with E-state index in [1.54, 1.807) is 0 Å². The molecule has 0 spiro atoms. The molecule has 3 saturated carbocycles. The molecule has 3 rings (SSSR count). The molecule has 3 aliphatic carbocycles. The van der Waals surface area contributed by atoms with Crippen molar-refractivity contribution in [3.63, 3.8) is 0 Å². The Morgan fingerprint density at radius 2 is 2.23 bits per heavy atom. The van der Waals surface area contributed by atoms with Crippen molar-refractivity contribution in [2.24, 2.45) is 23.2 Å². The minimum Gasteiger partial charge on any atom is -0.299 e. The zero-order valence-corrected chi connectivity index (χ0v) is 8.38. The molecule has 4 bridgehead atoms. The zero-order chi connectivity index (χ0) is 9.05. The van der Waals surface area contributed by atoms with Crippen LogP contribution in [0.15, 0.2) is 0 Å². The van der Waals surface area contributed by atoms with Gasteiger partial charge >= 0.3 is 0 Å². The highest BCUT2D eigenvalue weighted by molar-refractivity contribution is 5.86. The second kappa shape index (κ2) is 2.37. The summed E-state index contributed by atoms with van der Waals surface area (Å²) in [5, 5.41) is 0. The first-order valence-electron chi connectivity index (χ1n) is 5.73. The third-order valence-corrected chi connectivity index (χ3v) is 4.86. The molecule has 0 radical (unpaired) electrons. The maximum Gasteiger partial charge on any atom is 0.137 e. The van der Waals surface area contributed by atoms with E-state index in [9.17, 15) is 4.79 Å². The predicted molar refractivity (Wildman–Crippen MR) is 51.3 cm³/mol. The molecule has 0 aromatic rings. The summed E-state index contributed by atoms with van der Waals surface area (Å²) in [6.07, 6.45) is 7.68. The molecular weight excluding hydrogens is 160 g/mol. The van der Waals surface area contributed by atoms with Gasteiger partial charge in [-0.25, -0.2) is 0 Å². The van der Waals surface area contributed by atoms with Crippen LogP contribution in [-0.4, -0.2) is 5.78 Å². The van der Waals surface area contributed by atoms with Crippen LogP contribution in [0, 0.1) is 23.2 Å². The van der Waals surface area contributed by atoms with E-state index in [0.717, 1.165) is 18.3 Å². The van der Waals surface area contributed by atoms with Crippen LogP contribution in [0.4, 0.5) is 0 Å². The molecule has 0 saturated heterocycles. The van der Waals surface area contributed by atoms with Crippen molar-refractivity contribution in [2.45, 2.75) is 45.4 Å². The number of hydrogen-bond donors (Lipinski definition) is 0. The Kier molecular flexibility index (Phi) is 1.46. The van der Waals surface area contributed by atoms with Gasteiger partial charge in [-0.2, -0.15) is 0 Å². The smallest absolute Gasteiger partial charge is 0.137 e. The van der Waals surface area contributed by atoms with Crippen LogP contribution < -0.4 is 0 Å². The highest BCUT2D eigenvalue weighted by Gasteiger charge is 2.58. The lowest BCUT2D eigenvalue weighted by Gasteiger charge is -2.32. The summed E-state index contributed by atoms with van der Waals surface area (Å²) < 4.78 is 0. The van der Waals surface area contributed by atoms with Crippen molar-refractivity contribution >= 4 is 5.78 Å². The summed E-state index contributed by atoms with van der Waals surface area (Å²) in [5.41, 5.74) is 0.418. The van der Waals surface area contributed by atoms with Crippen LogP contribution >= 0.6 is 0 Å². The monoisotopic (exact) mass is 178 g/mol. The minimum atomic E-state index is 0.418. The Balaban J connectivity index is 2.02. The number of carbonyl (C=O) groups excluding carboxylic acids is 1. The van der Waals surface area contributed by atoms with E-state index < -0.39 is 0 Å². The summed E-state index contributed by atoms with van der Waals surface area (Å²) >= 11 is 0. The molecule has 3 aliphatic rings. The summed E-state index contributed by atoms with van der Waals surface area (Å²) in [6.45, 7) is 2.37. The van der Waals surface area contributed by atoms with Crippen LogP contribution in [0.2, 0.25) is 0 Å². The van der Waals surface area contributed by atoms with Gasteiger partial charge in [0.05, 0.1) is 0 Å². The lowest BCUT2D eigenvalue weighted by molar-refractivity contribution is -0.126. The topological polar surface area (TPSA) is 17.1 Å². The molecule has 0 N–H and O–H groups in total. The van der Waals surface area contributed by atoms with Gasteiger partial charge in [0.1, 0.15) is 5.78 Å². The van der Waals surface area contributed by atoms with Gasteiger partial charge in [0.2, 0.25) is 0 Å². The van der Waals surface area contributed by atoms with Crippen LogP contribution in [-0.2, 0) is 4.79 Å². The molecule has 0 heterocycles. The first-order valence-corrected chi connectivity index (χ1v) is 5.73. The summed E-state index contributed by atoms with van der Waals surface area (Å²) in [5.74, 6) is 2.65. The Hall–Kier alpha value is -0.330. The van der Waals surface area contributed by atoms with Gasteiger partial charge in [-0.15, -0.1) is 0 Å². The molecule has 0 aromatic heterocycles. The van der Waals surface area contributed by atoms with Crippen molar-refractivity contribution in [1.29, 1.82) is 0 Å². The Morgan fingerprint density at radius 3 is 3.08 bits per heavy atom. The number of carbonyl (C=O) groups is 1. The maximum atomic E-state index is 11.8. The fraction of sp³-hybridized carbons (Fsp3) is 0.917. The van der Waals surface area contributed by atoms with Gasteiger partial charge in [-0.3, -0.25) is 4.79 Å². The quantitative estimate of drug-likeness (QED) is 0.557. The first-order chi connectivity index (χ1) is 6.21. The lowest BCUT2D eigenvalue weighted by atomic mass is 9.71. The van der Waals surface area contributed by atoms with E-state index >= 15 is 0 Å². The van der Waals surface area contributed by atoms with E-state index in [0.29, 0.717) is 17.1 Å². The van der Waals surface area contributed by atoms with E-state index in [1.807, 2.05) is 0 Å². The fourth-order valence-corrected chi connectivity index (χ4v) is 4.47. The molecule has 13 heavy (non-hydrogen) atoms. The highest BCUT2D eigenvalue weighted by atomic mass is 16.1. The predicted octanol–water partition coefficient (Wildman–Crippen LogP) is 2.79. The molecule has 4 atom stereocenters. The van der Waals surface area contributed by atoms with Crippen molar-refractivity contribution in [3.05, 3.63) is 0 Å². The van der Waals surface area contributed by atoms with Gasteiger partial charge in [-0.1, -0.05) is 19.8 Å². The second-order valence-corrected chi connectivity index (χ2v) is 5.68. The van der Waals surface area contributed by atoms with Crippen LogP contribution in [0.25, 0.3) is 0 Å². The molecular formula is C12H18O. The molecule has 0 aromatic carbocycles. The highest BCUT2D eigenvalue weighted by Crippen LogP contribution is 2.62. The Morgan fingerprint density at radius 1 is 1.38 bits per heavy atom. The Labute approximate surface area is 79.9 Å². The van der Waals surface area contributed by atoms with Crippen molar-refractivity contribution in [1.82, 2.24) is 0 Å². The van der Waals surface area contributed by atoms with Crippen molar-refractivity contribution < 1.29 is 4.79 Å². The molecule has 72 valence electrons. The van der Waals surface area contributed by atoms with Gasteiger partial charge in [-0.05, 0) is 36.5 Å². The van der Waals surface area contributed by atoms with Gasteiger partial charge in [0, 0.05) is 12.3 Å². The molecule has 0 aliphatic heterocycles. The molecule has 4 unspecified atom stereocenters. The molecule has 1 heteroatoms. The van der Waals surface area contributed by atoms with Crippen LogP contribution in [0.1, 0.15) is 45.4 Å². The van der Waals surface area contributed by atoms with Crippen LogP contribution in [0.3, 0.4) is 0 Å². The maximum absolute atomic E-state index is 11.8. The van der Waals surface area contributed by atoms with E-state index in [1.165, 1.54) is 32.1 Å². The van der Waals surface area contributed by atoms with Crippen molar-refractivity contribution in [3.8, 4) is 0 Å². The second-order valence-electron chi connectivity index (χ2n) is 5.68. The fourth-order valence-electron chi connectivity index (χ4n) is 4.47. The van der Waals surface area contributed by atoms with E-state index in [2.05, 4.69) is 6.92 Å². The third kappa shape index (κ3) is 0.908. The zero-order valence-electron chi connectivity index (χ0n) is 8.38. The van der Waals surface area contributed by atoms with Gasteiger partial charge in [0.15, 0.2) is 0 Å². The van der Waals surface area contributed by atoms with Gasteiger partial charge in [0.25, 0.3) is 0 Å². The van der Waals surface area contributed by atoms with Crippen LogP contribution in [0.5, 0.6) is 0 Å². The first kappa shape index (κ1) is 8.02. The summed E-state index contributed by atoms with van der Waals surface area (Å²) in [4.78, 5) is 11.8. The van der Waals surface area contributed by atoms with Crippen molar-refractivity contribution in [2.75, 3.05) is 0 Å². The standard InChI is InChI=1S/C12H18O/c1-12-5-3-2-4-9-8(7-12)6-10(13)11(9)12/h8-9,11H,2-7H2,1H3. The largest absolute Gasteiger partial charge is 0.299 e. The average molecular weight is 178 g/mol. The minimum absolute atomic E-state index is 0.418. The normalized spacial score (nSPS) is 53.9. The molecule has 1 nitrogen and oxygen atoms in total.